The molecule has 3 heterocycles. The number of aromatic nitrogens is 1. The first-order valence-corrected chi connectivity index (χ1v) is 17.0. The number of dihydropyridines is 1. The lowest BCUT2D eigenvalue weighted by Crippen LogP contribution is -2.48. The van der Waals surface area contributed by atoms with E-state index < -0.39 is 17.4 Å². The molecule has 3 aliphatic rings. The van der Waals surface area contributed by atoms with Gasteiger partial charge in [0.25, 0.3) is 0 Å². The molecule has 256 valence electrons. The monoisotopic (exact) mass is 657 g/mol. The number of rotatable bonds is 13. The number of nitrogens with one attached hydrogen (secondary N) is 2. The van der Waals surface area contributed by atoms with Crippen LogP contribution in [-0.4, -0.2) is 57.6 Å². The maximum atomic E-state index is 14.8. The van der Waals surface area contributed by atoms with Crippen LogP contribution in [0.15, 0.2) is 66.1 Å². The van der Waals surface area contributed by atoms with E-state index in [1.54, 1.807) is 12.1 Å². The SMILES string of the molecule is COc1cc(CCC(=O)C(C(O)CCc2ccc(O)c3c2CCCO3)C2(C3=CCNC(N)=C3)CCCC2Cc2ccc[nH]2)cc(O)c1O. The van der Waals surface area contributed by atoms with Crippen LogP contribution in [0.1, 0.15) is 60.9 Å². The molecular weight excluding hydrogens is 610 g/mol. The van der Waals surface area contributed by atoms with Crippen molar-refractivity contribution in [3.05, 3.63) is 88.5 Å². The minimum absolute atomic E-state index is 0.0603. The van der Waals surface area contributed by atoms with Gasteiger partial charge in [-0.1, -0.05) is 18.6 Å². The van der Waals surface area contributed by atoms with Crippen molar-refractivity contribution in [2.75, 3.05) is 20.3 Å². The highest BCUT2D eigenvalue weighted by Gasteiger charge is 2.55. The molecule has 1 fully saturated rings. The molecule has 48 heavy (non-hydrogen) atoms. The normalized spacial score (nSPS) is 21.7. The molecule has 0 bridgehead atoms. The summed E-state index contributed by atoms with van der Waals surface area (Å²) in [6, 6.07) is 10.7. The van der Waals surface area contributed by atoms with E-state index in [2.05, 4.69) is 22.4 Å². The molecule has 2 aromatic carbocycles. The Kier molecular flexibility index (Phi) is 9.91. The van der Waals surface area contributed by atoms with E-state index >= 15 is 0 Å². The fraction of sp³-hybridized carbons (Fsp3) is 0.447. The van der Waals surface area contributed by atoms with Gasteiger partial charge in [-0.15, -0.1) is 0 Å². The van der Waals surface area contributed by atoms with Gasteiger partial charge in [-0.3, -0.25) is 4.79 Å². The Balaban J connectivity index is 1.37. The molecule has 1 saturated carbocycles. The first-order valence-electron chi connectivity index (χ1n) is 17.0. The summed E-state index contributed by atoms with van der Waals surface area (Å²) in [5.41, 5.74) is 10.4. The highest BCUT2D eigenvalue weighted by molar-refractivity contribution is 5.83. The number of hydrogen-bond acceptors (Lipinski definition) is 9. The van der Waals surface area contributed by atoms with Crippen LogP contribution in [-0.2, 0) is 30.5 Å². The first-order chi connectivity index (χ1) is 23.2. The zero-order valence-electron chi connectivity index (χ0n) is 27.5. The molecule has 2 aliphatic heterocycles. The van der Waals surface area contributed by atoms with Crippen molar-refractivity contribution in [3.8, 4) is 28.7 Å². The Morgan fingerprint density at radius 3 is 2.77 bits per heavy atom. The van der Waals surface area contributed by atoms with E-state index in [4.69, 9.17) is 15.2 Å². The molecule has 8 N–H and O–H groups in total. The number of ether oxygens (including phenoxy) is 2. The summed E-state index contributed by atoms with van der Waals surface area (Å²) >= 11 is 0. The third-order valence-electron chi connectivity index (χ3n) is 10.6. The molecule has 4 unspecified atom stereocenters. The van der Waals surface area contributed by atoms with Crippen molar-refractivity contribution >= 4 is 5.78 Å². The number of allylic oxidation sites excluding steroid dienone is 2. The Morgan fingerprint density at radius 2 is 2.00 bits per heavy atom. The molecule has 0 spiro atoms. The number of ketones is 1. The standard InChI is InChI=1S/C38H47N3O7/c1-47-33-20-23(19-32(45)36(33)46)8-11-29(42)35(30(43)12-9-24-10-13-31(44)37-28(24)7-4-18-48-37)38(26-14-17-41-34(39)22-26)15-2-5-25(38)21-27-6-3-16-40-27/h3,6,10,13-14,16,19-20,22,25,30,35,40-41,43-46H,2,4-5,7-9,11-12,15,17-18,21,39H2,1H3. The smallest absolute Gasteiger partial charge is 0.200 e. The summed E-state index contributed by atoms with van der Waals surface area (Å²) in [7, 11) is 1.41. The minimum Gasteiger partial charge on any atom is -0.504 e. The number of methoxy groups -OCH3 is 1. The molecule has 3 aromatic rings. The average molecular weight is 658 g/mol. The van der Waals surface area contributed by atoms with Crippen LogP contribution in [0.5, 0.6) is 28.7 Å². The van der Waals surface area contributed by atoms with Crippen LogP contribution < -0.4 is 20.5 Å². The number of aliphatic hydroxyl groups is 1. The number of carbonyl (C=O) groups is 1. The topological polar surface area (TPSA) is 170 Å². The predicted octanol–water partition coefficient (Wildman–Crippen LogP) is 4.94. The van der Waals surface area contributed by atoms with Gasteiger partial charge >= 0.3 is 0 Å². The first kappa shape index (κ1) is 33.3. The maximum Gasteiger partial charge on any atom is 0.200 e. The Hall–Kier alpha value is -4.57. The van der Waals surface area contributed by atoms with E-state index in [0.717, 1.165) is 60.9 Å². The molecule has 1 aliphatic carbocycles. The minimum atomic E-state index is -0.969. The largest absolute Gasteiger partial charge is 0.504 e. The summed E-state index contributed by atoms with van der Waals surface area (Å²) in [4.78, 5) is 18.1. The third kappa shape index (κ3) is 6.58. The summed E-state index contributed by atoms with van der Waals surface area (Å²) in [5.74, 6) is -0.0592. The van der Waals surface area contributed by atoms with Crippen LogP contribution in [0.3, 0.4) is 0 Å². The number of hydrogen-bond donors (Lipinski definition) is 7. The lowest BCUT2D eigenvalue weighted by Gasteiger charge is -2.46. The number of H-pyrrole nitrogens is 1. The summed E-state index contributed by atoms with van der Waals surface area (Å²) < 4.78 is 11.0. The number of aryl methyl sites for hydroxylation is 2. The lowest BCUT2D eigenvalue weighted by atomic mass is 9.58. The number of nitrogens with two attached hydrogens (primary N) is 1. The summed E-state index contributed by atoms with van der Waals surface area (Å²) in [6.45, 7) is 1.09. The molecule has 10 nitrogen and oxygen atoms in total. The number of benzene rings is 2. The van der Waals surface area contributed by atoms with E-state index in [1.165, 1.54) is 13.2 Å². The Bertz CT molecular complexity index is 1680. The lowest BCUT2D eigenvalue weighted by molar-refractivity contribution is -0.133. The third-order valence-corrected chi connectivity index (χ3v) is 10.6. The number of carbonyl (C=O) groups excluding carboxylic acids is 1. The number of fused-ring (bicyclic) bond motifs is 1. The fourth-order valence-electron chi connectivity index (χ4n) is 8.43. The average Bonchev–Trinajstić information content (AvgIpc) is 3.76. The van der Waals surface area contributed by atoms with Crippen LogP contribution in [0, 0.1) is 17.3 Å². The second-order valence-corrected chi connectivity index (χ2v) is 13.4. The second-order valence-electron chi connectivity index (χ2n) is 13.4. The van der Waals surface area contributed by atoms with Crippen molar-refractivity contribution in [1.29, 1.82) is 0 Å². The van der Waals surface area contributed by atoms with Crippen molar-refractivity contribution in [2.24, 2.45) is 23.0 Å². The van der Waals surface area contributed by atoms with E-state index in [9.17, 15) is 25.2 Å². The van der Waals surface area contributed by atoms with E-state index in [0.29, 0.717) is 49.5 Å². The zero-order valence-corrected chi connectivity index (χ0v) is 27.5. The van der Waals surface area contributed by atoms with Crippen LogP contribution in [0.25, 0.3) is 0 Å². The van der Waals surface area contributed by atoms with Crippen LogP contribution >= 0.6 is 0 Å². The van der Waals surface area contributed by atoms with Gasteiger partial charge in [0.1, 0.15) is 5.78 Å². The number of aliphatic hydroxyl groups excluding tert-OH is 1. The fourth-order valence-corrected chi connectivity index (χ4v) is 8.43. The molecule has 6 rings (SSSR count). The quantitative estimate of drug-likeness (QED) is 0.126. The molecule has 0 radical (unpaired) electrons. The van der Waals surface area contributed by atoms with Crippen molar-refractivity contribution in [2.45, 2.75) is 70.3 Å². The van der Waals surface area contributed by atoms with Crippen LogP contribution in [0.2, 0.25) is 0 Å². The van der Waals surface area contributed by atoms with Gasteiger partial charge < -0.3 is 45.9 Å². The van der Waals surface area contributed by atoms with Crippen molar-refractivity contribution in [1.82, 2.24) is 10.3 Å². The van der Waals surface area contributed by atoms with Crippen molar-refractivity contribution < 1.29 is 34.7 Å². The molecule has 1 aromatic heterocycles. The molecule has 4 atom stereocenters. The summed E-state index contributed by atoms with van der Waals surface area (Å²) in [5, 5.41) is 46.4. The van der Waals surface area contributed by atoms with Gasteiger partial charge in [0, 0.05) is 35.8 Å². The number of phenolic OH excluding ortho intramolecular Hbond substituents is 3. The molecule has 0 saturated heterocycles. The van der Waals surface area contributed by atoms with E-state index in [1.807, 2.05) is 24.4 Å². The number of phenols is 3. The summed E-state index contributed by atoms with van der Waals surface area (Å²) in [6.07, 6.45) is 11.2. The number of Topliss-reactive ketones (excluding diaryl/α,β-unsaturated/α-hetero) is 1. The number of aromatic amines is 1. The maximum absolute atomic E-state index is 14.8. The molecule has 10 heteroatoms. The van der Waals surface area contributed by atoms with E-state index in [-0.39, 0.29) is 41.1 Å². The second kappa shape index (κ2) is 14.3. The molecular formula is C38H47N3O7. The predicted molar refractivity (Wildman–Crippen MR) is 182 cm³/mol. The highest BCUT2D eigenvalue weighted by atomic mass is 16.5. The number of aromatic hydroxyl groups is 3. The molecule has 0 amide bonds. The Labute approximate surface area is 281 Å². The Morgan fingerprint density at radius 1 is 1.15 bits per heavy atom. The van der Waals surface area contributed by atoms with Gasteiger partial charge in [-0.2, -0.15) is 0 Å². The van der Waals surface area contributed by atoms with Gasteiger partial charge in [0.05, 0.1) is 31.6 Å². The van der Waals surface area contributed by atoms with Crippen LogP contribution in [0.4, 0.5) is 0 Å². The van der Waals surface area contributed by atoms with Gasteiger partial charge in [-0.25, -0.2) is 0 Å². The highest BCUT2D eigenvalue weighted by Crippen LogP contribution is 2.57. The van der Waals surface area contributed by atoms with Crippen molar-refractivity contribution in [3.63, 3.8) is 0 Å². The van der Waals surface area contributed by atoms with Gasteiger partial charge in [-0.05, 0) is 110 Å². The van der Waals surface area contributed by atoms with Gasteiger partial charge in [0.15, 0.2) is 23.0 Å². The zero-order chi connectivity index (χ0) is 33.8. The van der Waals surface area contributed by atoms with Gasteiger partial charge in [0.2, 0.25) is 5.75 Å².